The van der Waals surface area contributed by atoms with Crippen molar-refractivity contribution in [2.75, 3.05) is 19.7 Å². The highest BCUT2D eigenvalue weighted by Crippen LogP contribution is 2.22. The molecule has 0 aromatic carbocycles. The lowest BCUT2D eigenvalue weighted by Crippen LogP contribution is -2.31. The lowest BCUT2D eigenvalue weighted by molar-refractivity contribution is 0.0766. The van der Waals surface area contributed by atoms with E-state index in [2.05, 4.69) is 25.9 Å². The van der Waals surface area contributed by atoms with Crippen molar-refractivity contribution < 1.29 is 14.3 Å². The van der Waals surface area contributed by atoms with Crippen LogP contribution in [0.4, 0.5) is 0 Å². The molecule has 0 N–H and O–H groups in total. The average molecular weight is 392 g/mol. The monoisotopic (exact) mass is 391 g/mol. The van der Waals surface area contributed by atoms with Crippen LogP contribution in [-0.4, -0.2) is 46.6 Å². The van der Waals surface area contributed by atoms with E-state index >= 15 is 0 Å². The molecule has 1 atom stereocenters. The number of amides is 1. The summed E-state index contributed by atoms with van der Waals surface area (Å²) in [6.45, 7) is 3.50. The largest absolute Gasteiger partial charge is 0.477 e. The molecule has 2 aromatic heterocycles. The molecule has 6 nitrogen and oxygen atoms in total. The molecule has 0 radical (unpaired) electrons. The number of halogens is 1. The molecule has 1 fully saturated rings. The second-order valence-electron chi connectivity index (χ2n) is 5.38. The maximum atomic E-state index is 12.7. The molecule has 2 aromatic rings. The summed E-state index contributed by atoms with van der Waals surface area (Å²) in [6, 6.07) is 7.17. The van der Waals surface area contributed by atoms with Crippen LogP contribution < -0.4 is 9.47 Å². The van der Waals surface area contributed by atoms with Crippen molar-refractivity contribution >= 4 is 21.8 Å². The van der Waals surface area contributed by atoms with Crippen molar-refractivity contribution in [3.05, 3.63) is 46.7 Å². The maximum absolute atomic E-state index is 12.7. The Morgan fingerprint density at radius 3 is 3.00 bits per heavy atom. The third-order valence-electron chi connectivity index (χ3n) is 3.70. The topological polar surface area (TPSA) is 64.5 Å². The Kier molecular flexibility index (Phi) is 5.30. The SMILES string of the molecule is CCOc1ncccc1C(=O)N1CCC(Oc2ccc(Br)cn2)C1. The van der Waals surface area contributed by atoms with Gasteiger partial charge in [0.1, 0.15) is 11.7 Å². The third kappa shape index (κ3) is 3.84. The van der Waals surface area contributed by atoms with Gasteiger partial charge in [0.2, 0.25) is 11.8 Å². The number of likely N-dealkylation sites (tertiary alicyclic amines) is 1. The van der Waals surface area contributed by atoms with Crippen molar-refractivity contribution in [3.8, 4) is 11.8 Å². The first-order valence-electron chi connectivity index (χ1n) is 7.82. The molecule has 1 aliphatic heterocycles. The maximum Gasteiger partial charge on any atom is 0.259 e. The molecule has 126 valence electrons. The predicted molar refractivity (Wildman–Crippen MR) is 92.3 cm³/mol. The fourth-order valence-corrected chi connectivity index (χ4v) is 2.82. The van der Waals surface area contributed by atoms with Crippen molar-refractivity contribution in [3.63, 3.8) is 0 Å². The lowest BCUT2D eigenvalue weighted by atomic mass is 10.2. The van der Waals surface area contributed by atoms with Gasteiger partial charge in [-0.3, -0.25) is 4.79 Å². The minimum Gasteiger partial charge on any atom is -0.477 e. The van der Waals surface area contributed by atoms with Crippen LogP contribution >= 0.6 is 15.9 Å². The number of nitrogens with zero attached hydrogens (tertiary/aromatic N) is 3. The predicted octanol–water partition coefficient (Wildman–Crippen LogP) is 2.93. The lowest BCUT2D eigenvalue weighted by Gasteiger charge is -2.18. The molecular formula is C17H18BrN3O3. The standard InChI is InChI=1S/C17H18BrN3O3/c1-2-23-16-14(4-3-8-19-16)17(22)21-9-7-13(11-21)24-15-6-5-12(18)10-20-15/h3-6,8,10,13H,2,7,9,11H2,1H3. The quantitative estimate of drug-likeness (QED) is 0.783. The Hall–Kier alpha value is -2.15. The van der Waals surface area contributed by atoms with E-state index in [9.17, 15) is 4.79 Å². The Labute approximate surface area is 148 Å². The van der Waals surface area contributed by atoms with E-state index in [0.717, 1.165) is 10.9 Å². The van der Waals surface area contributed by atoms with Crippen molar-refractivity contribution in [2.24, 2.45) is 0 Å². The molecule has 0 saturated carbocycles. The van der Waals surface area contributed by atoms with Gasteiger partial charge in [0.05, 0.1) is 13.2 Å². The van der Waals surface area contributed by atoms with Crippen LogP contribution in [0.25, 0.3) is 0 Å². The van der Waals surface area contributed by atoms with Crippen LogP contribution in [0, 0.1) is 0 Å². The van der Waals surface area contributed by atoms with Gasteiger partial charge in [0.15, 0.2) is 0 Å². The van der Waals surface area contributed by atoms with E-state index < -0.39 is 0 Å². The molecule has 0 aliphatic carbocycles. The van der Waals surface area contributed by atoms with Crippen LogP contribution in [0.5, 0.6) is 11.8 Å². The highest BCUT2D eigenvalue weighted by molar-refractivity contribution is 9.10. The van der Waals surface area contributed by atoms with Gasteiger partial charge < -0.3 is 14.4 Å². The highest BCUT2D eigenvalue weighted by atomic mass is 79.9. The molecule has 24 heavy (non-hydrogen) atoms. The van der Waals surface area contributed by atoms with Gasteiger partial charge in [-0.05, 0) is 41.1 Å². The Balaban J connectivity index is 1.65. The summed E-state index contributed by atoms with van der Waals surface area (Å²) in [4.78, 5) is 22.8. The fourth-order valence-electron chi connectivity index (χ4n) is 2.59. The van der Waals surface area contributed by atoms with Crippen LogP contribution in [0.15, 0.2) is 41.1 Å². The summed E-state index contributed by atoms with van der Waals surface area (Å²) in [5.41, 5.74) is 0.488. The molecule has 1 unspecified atom stereocenters. The molecule has 3 heterocycles. The summed E-state index contributed by atoms with van der Waals surface area (Å²) in [5.74, 6) is 0.860. The minimum atomic E-state index is -0.0820. The molecule has 0 bridgehead atoms. The molecule has 7 heteroatoms. The van der Waals surface area contributed by atoms with E-state index in [1.807, 2.05) is 19.1 Å². The first kappa shape index (κ1) is 16.7. The second-order valence-corrected chi connectivity index (χ2v) is 6.30. The van der Waals surface area contributed by atoms with Gasteiger partial charge in [0, 0.05) is 35.9 Å². The molecule has 1 aliphatic rings. The summed E-state index contributed by atoms with van der Waals surface area (Å²) in [5, 5.41) is 0. The van der Waals surface area contributed by atoms with Crippen LogP contribution in [0.3, 0.4) is 0 Å². The molecule has 1 saturated heterocycles. The van der Waals surface area contributed by atoms with E-state index in [4.69, 9.17) is 9.47 Å². The smallest absolute Gasteiger partial charge is 0.259 e. The first-order chi connectivity index (χ1) is 11.7. The van der Waals surface area contributed by atoms with Gasteiger partial charge in [0.25, 0.3) is 5.91 Å². The number of hydrogen-bond donors (Lipinski definition) is 0. The number of aromatic nitrogens is 2. The zero-order valence-corrected chi connectivity index (χ0v) is 14.9. The Morgan fingerprint density at radius 1 is 1.38 bits per heavy atom. The van der Waals surface area contributed by atoms with Crippen LogP contribution in [0.2, 0.25) is 0 Å². The average Bonchev–Trinajstić information content (AvgIpc) is 3.06. The highest BCUT2D eigenvalue weighted by Gasteiger charge is 2.30. The van der Waals surface area contributed by atoms with Crippen molar-refractivity contribution in [1.29, 1.82) is 0 Å². The fraction of sp³-hybridized carbons (Fsp3) is 0.353. The van der Waals surface area contributed by atoms with Crippen LogP contribution in [-0.2, 0) is 0 Å². The molecular weight excluding hydrogens is 374 g/mol. The third-order valence-corrected chi connectivity index (χ3v) is 4.17. The second kappa shape index (κ2) is 7.61. The van der Waals surface area contributed by atoms with Crippen LogP contribution in [0.1, 0.15) is 23.7 Å². The van der Waals surface area contributed by atoms with Gasteiger partial charge in [-0.25, -0.2) is 9.97 Å². The number of pyridine rings is 2. The van der Waals surface area contributed by atoms with Gasteiger partial charge in [-0.15, -0.1) is 0 Å². The number of carbonyl (C=O) groups excluding carboxylic acids is 1. The Bertz CT molecular complexity index is 708. The summed E-state index contributed by atoms with van der Waals surface area (Å²) in [6.07, 6.45) is 4.02. The number of ether oxygens (including phenoxy) is 2. The van der Waals surface area contributed by atoms with Crippen molar-refractivity contribution in [2.45, 2.75) is 19.4 Å². The van der Waals surface area contributed by atoms with E-state index in [1.165, 1.54) is 0 Å². The number of hydrogen-bond acceptors (Lipinski definition) is 5. The minimum absolute atomic E-state index is 0.0603. The van der Waals surface area contributed by atoms with Gasteiger partial charge >= 0.3 is 0 Å². The normalized spacial score (nSPS) is 16.9. The van der Waals surface area contributed by atoms with Gasteiger partial charge in [-0.1, -0.05) is 0 Å². The van der Waals surface area contributed by atoms with E-state index in [-0.39, 0.29) is 12.0 Å². The van der Waals surface area contributed by atoms with E-state index in [0.29, 0.717) is 37.0 Å². The molecule has 3 rings (SSSR count). The molecule has 1 amide bonds. The zero-order chi connectivity index (χ0) is 16.9. The number of rotatable bonds is 5. The van der Waals surface area contributed by atoms with Gasteiger partial charge in [-0.2, -0.15) is 0 Å². The van der Waals surface area contributed by atoms with E-state index in [1.54, 1.807) is 29.4 Å². The molecule has 0 spiro atoms. The zero-order valence-electron chi connectivity index (χ0n) is 13.3. The summed E-state index contributed by atoms with van der Waals surface area (Å²) in [7, 11) is 0. The number of carbonyl (C=O) groups is 1. The first-order valence-corrected chi connectivity index (χ1v) is 8.62. The summed E-state index contributed by atoms with van der Waals surface area (Å²) < 4.78 is 12.2. The van der Waals surface area contributed by atoms with Crippen molar-refractivity contribution in [1.82, 2.24) is 14.9 Å². The summed E-state index contributed by atoms with van der Waals surface area (Å²) >= 11 is 3.34. The Morgan fingerprint density at radius 2 is 2.25 bits per heavy atom.